The average molecular weight is 332 g/mol. The van der Waals surface area contributed by atoms with E-state index in [1.807, 2.05) is 0 Å². The minimum atomic E-state index is -3.87. The summed E-state index contributed by atoms with van der Waals surface area (Å²) in [6, 6.07) is -0.581. The van der Waals surface area contributed by atoms with Crippen LogP contribution in [0.4, 0.5) is 0 Å². The minimum absolute atomic E-state index is 0.0475. The van der Waals surface area contributed by atoms with Gasteiger partial charge >= 0.3 is 10.8 Å². The number of aryl methyl sites for hydroxylation is 1. The second kappa shape index (κ2) is 4.92. The van der Waals surface area contributed by atoms with Crippen molar-refractivity contribution in [3.8, 4) is 0 Å². The Morgan fingerprint density at radius 2 is 2.05 bits per heavy atom. The van der Waals surface area contributed by atoms with Gasteiger partial charge in [-0.15, -0.1) is 0 Å². The van der Waals surface area contributed by atoms with Crippen LogP contribution in [0, 0.1) is 24.7 Å². The standard InChI is InChI=1S/C12H16N2O5S2/c1-5-11(20-12(17)13-5)21(18,19)14-9-7-3-2-6(4-7)8(9)10(15)16/h6-9,14H,2-4H2,1H3,(H,13,17)(H,15,16). The number of aromatic nitrogens is 1. The number of aromatic amines is 1. The predicted octanol–water partition coefficient (Wildman–Crippen LogP) is 0.522. The van der Waals surface area contributed by atoms with Crippen molar-refractivity contribution >= 4 is 27.3 Å². The van der Waals surface area contributed by atoms with Crippen LogP contribution in [0.2, 0.25) is 0 Å². The molecule has 2 bridgehead atoms. The first-order valence-corrected chi connectivity index (χ1v) is 9.04. The average Bonchev–Trinajstić information content (AvgIpc) is 3.02. The third-order valence-electron chi connectivity index (χ3n) is 4.52. The molecule has 3 rings (SSSR count). The third-order valence-corrected chi connectivity index (χ3v) is 7.58. The lowest BCUT2D eigenvalue weighted by Crippen LogP contribution is -2.46. The fraction of sp³-hybridized carbons (Fsp3) is 0.667. The number of carbonyl (C=O) groups is 1. The van der Waals surface area contributed by atoms with Gasteiger partial charge in [-0.2, -0.15) is 0 Å². The number of hydrogen-bond acceptors (Lipinski definition) is 5. The molecule has 2 aliphatic rings. The van der Waals surface area contributed by atoms with Crippen molar-refractivity contribution in [2.45, 2.75) is 36.4 Å². The van der Waals surface area contributed by atoms with Gasteiger partial charge in [0.2, 0.25) is 0 Å². The van der Waals surface area contributed by atoms with E-state index in [4.69, 9.17) is 0 Å². The minimum Gasteiger partial charge on any atom is -0.481 e. The summed E-state index contributed by atoms with van der Waals surface area (Å²) in [5.41, 5.74) is 0.285. The highest BCUT2D eigenvalue weighted by atomic mass is 32.2. The fourth-order valence-electron chi connectivity index (χ4n) is 3.70. The van der Waals surface area contributed by atoms with Crippen molar-refractivity contribution in [1.82, 2.24) is 9.71 Å². The molecule has 2 fully saturated rings. The first-order chi connectivity index (χ1) is 9.79. The van der Waals surface area contributed by atoms with E-state index in [0.29, 0.717) is 11.3 Å². The number of H-pyrrole nitrogens is 1. The predicted molar refractivity (Wildman–Crippen MR) is 75.7 cm³/mol. The number of sulfonamides is 1. The molecule has 21 heavy (non-hydrogen) atoms. The van der Waals surface area contributed by atoms with Gasteiger partial charge in [0.15, 0.2) is 4.21 Å². The molecule has 0 aromatic carbocycles. The molecule has 1 aromatic heterocycles. The van der Waals surface area contributed by atoms with Crippen molar-refractivity contribution in [2.24, 2.45) is 17.8 Å². The summed E-state index contributed by atoms with van der Waals surface area (Å²) in [5, 5.41) is 9.34. The maximum Gasteiger partial charge on any atom is 0.308 e. The van der Waals surface area contributed by atoms with E-state index in [9.17, 15) is 23.1 Å². The third kappa shape index (κ3) is 2.43. The van der Waals surface area contributed by atoms with Gasteiger partial charge in [0.1, 0.15) is 0 Å². The normalized spacial score (nSPS) is 31.7. The number of carboxylic acids is 1. The second-order valence-corrected chi connectivity index (χ2v) is 8.66. The Bertz CT molecular complexity index is 735. The SMILES string of the molecule is Cc1[nH]c(=O)sc1S(=O)(=O)NC1C2CCC(C2)C1C(=O)O. The molecular formula is C12H16N2O5S2. The number of aliphatic carboxylic acids is 1. The van der Waals surface area contributed by atoms with Crippen molar-refractivity contribution in [3.63, 3.8) is 0 Å². The van der Waals surface area contributed by atoms with Crippen LogP contribution in [0.5, 0.6) is 0 Å². The lowest BCUT2D eigenvalue weighted by Gasteiger charge is -2.28. The summed E-state index contributed by atoms with van der Waals surface area (Å²) in [6.07, 6.45) is 2.45. The number of rotatable bonds is 4. The highest BCUT2D eigenvalue weighted by Crippen LogP contribution is 2.49. The lowest BCUT2D eigenvalue weighted by atomic mass is 9.85. The summed E-state index contributed by atoms with van der Waals surface area (Å²) < 4.78 is 27.3. The number of carboxylic acid groups (broad SMARTS) is 1. The molecule has 1 heterocycles. The molecule has 0 radical (unpaired) electrons. The van der Waals surface area contributed by atoms with Crippen LogP contribution >= 0.6 is 11.3 Å². The molecule has 9 heteroatoms. The zero-order chi connectivity index (χ0) is 15.4. The van der Waals surface area contributed by atoms with Gasteiger partial charge in [-0.25, -0.2) is 13.1 Å². The number of thiazole rings is 1. The van der Waals surface area contributed by atoms with E-state index in [-0.39, 0.29) is 21.7 Å². The molecule has 2 saturated carbocycles. The van der Waals surface area contributed by atoms with Gasteiger partial charge in [-0.1, -0.05) is 11.3 Å². The highest BCUT2D eigenvalue weighted by Gasteiger charge is 2.52. The van der Waals surface area contributed by atoms with Crippen molar-refractivity contribution in [3.05, 3.63) is 15.4 Å². The van der Waals surface area contributed by atoms with Crippen LogP contribution in [-0.4, -0.2) is 30.5 Å². The number of fused-ring (bicyclic) bond motifs is 2. The summed E-state index contributed by atoms with van der Waals surface area (Å²) in [5.74, 6) is -1.50. The summed E-state index contributed by atoms with van der Waals surface area (Å²) in [4.78, 5) is 24.7. The molecule has 0 aliphatic heterocycles. The van der Waals surface area contributed by atoms with E-state index < -0.39 is 32.8 Å². The molecule has 4 unspecified atom stereocenters. The van der Waals surface area contributed by atoms with Gasteiger partial charge in [0, 0.05) is 11.7 Å². The lowest BCUT2D eigenvalue weighted by molar-refractivity contribution is -0.144. The van der Waals surface area contributed by atoms with Gasteiger partial charge in [-0.3, -0.25) is 9.59 Å². The smallest absolute Gasteiger partial charge is 0.308 e. The zero-order valence-corrected chi connectivity index (χ0v) is 13.0. The Labute approximate surface area is 125 Å². The van der Waals surface area contributed by atoms with Gasteiger partial charge in [-0.05, 0) is 38.0 Å². The molecule has 4 atom stereocenters. The Morgan fingerprint density at radius 1 is 1.38 bits per heavy atom. The second-order valence-electron chi connectivity index (χ2n) is 5.77. The largest absolute Gasteiger partial charge is 0.481 e. The van der Waals surface area contributed by atoms with Crippen molar-refractivity contribution < 1.29 is 18.3 Å². The van der Waals surface area contributed by atoms with Gasteiger partial charge in [0.25, 0.3) is 10.0 Å². The Kier molecular flexibility index (Phi) is 3.45. The number of hydrogen-bond donors (Lipinski definition) is 3. The first-order valence-electron chi connectivity index (χ1n) is 6.74. The van der Waals surface area contributed by atoms with Crippen LogP contribution in [0.25, 0.3) is 0 Å². The highest BCUT2D eigenvalue weighted by molar-refractivity contribution is 7.91. The molecule has 116 valence electrons. The van der Waals surface area contributed by atoms with Crippen molar-refractivity contribution in [1.29, 1.82) is 0 Å². The molecular weight excluding hydrogens is 316 g/mol. The molecule has 0 spiro atoms. The van der Waals surface area contributed by atoms with Gasteiger partial charge in [0.05, 0.1) is 5.92 Å². The maximum absolute atomic E-state index is 12.4. The summed E-state index contributed by atoms with van der Waals surface area (Å²) in [7, 11) is -3.87. The van der Waals surface area contributed by atoms with E-state index in [1.165, 1.54) is 6.92 Å². The van der Waals surface area contributed by atoms with Crippen LogP contribution in [0.3, 0.4) is 0 Å². The number of nitrogens with one attached hydrogen (secondary N) is 2. The van der Waals surface area contributed by atoms with E-state index in [0.717, 1.165) is 19.3 Å². The van der Waals surface area contributed by atoms with Crippen LogP contribution in [0.1, 0.15) is 25.0 Å². The Hall–Kier alpha value is -1.19. The maximum atomic E-state index is 12.4. The van der Waals surface area contributed by atoms with E-state index in [1.54, 1.807) is 0 Å². The molecule has 3 N–H and O–H groups in total. The summed E-state index contributed by atoms with van der Waals surface area (Å²) >= 11 is 0.625. The van der Waals surface area contributed by atoms with E-state index in [2.05, 4.69) is 9.71 Å². The van der Waals surface area contributed by atoms with E-state index >= 15 is 0 Å². The van der Waals surface area contributed by atoms with Crippen LogP contribution < -0.4 is 9.60 Å². The quantitative estimate of drug-likeness (QED) is 0.743. The monoisotopic (exact) mass is 332 g/mol. The van der Waals surface area contributed by atoms with Crippen LogP contribution in [-0.2, 0) is 14.8 Å². The Morgan fingerprint density at radius 3 is 2.62 bits per heavy atom. The van der Waals surface area contributed by atoms with Crippen LogP contribution in [0.15, 0.2) is 9.00 Å². The van der Waals surface area contributed by atoms with Gasteiger partial charge < -0.3 is 10.1 Å². The molecule has 2 aliphatic carbocycles. The fourth-order valence-corrected chi connectivity index (χ4v) is 6.34. The molecule has 7 nitrogen and oxygen atoms in total. The molecule has 0 amide bonds. The molecule has 0 saturated heterocycles. The summed E-state index contributed by atoms with van der Waals surface area (Å²) in [6.45, 7) is 1.52. The first kappa shape index (κ1) is 14.7. The van der Waals surface area contributed by atoms with Crippen molar-refractivity contribution in [2.75, 3.05) is 0 Å². The Balaban J connectivity index is 1.90. The topological polar surface area (TPSA) is 116 Å². The molecule has 1 aromatic rings. The zero-order valence-electron chi connectivity index (χ0n) is 11.3.